The quantitative estimate of drug-likeness (QED) is 0.620. The van der Waals surface area contributed by atoms with E-state index in [0.717, 1.165) is 10.2 Å². The first-order valence-electron chi connectivity index (χ1n) is 7.49. The molecule has 0 saturated heterocycles. The smallest absolute Gasteiger partial charge is 0.243 e. The first kappa shape index (κ1) is 17.7. The largest absolute Gasteiger partial charge is 0.352 e. The van der Waals surface area contributed by atoms with Gasteiger partial charge < -0.3 is 10.6 Å². The van der Waals surface area contributed by atoms with Gasteiger partial charge in [0.2, 0.25) is 11.8 Å². The first-order chi connectivity index (χ1) is 10.9. The van der Waals surface area contributed by atoms with Crippen LogP contribution in [-0.4, -0.2) is 34.1 Å². The number of benzene rings is 1. The van der Waals surface area contributed by atoms with Crippen LogP contribution in [0, 0.1) is 0 Å². The normalized spacial score (nSPS) is 11.4. The van der Waals surface area contributed by atoms with Crippen molar-refractivity contribution in [3.8, 4) is 0 Å². The molecule has 1 aromatic heterocycles. The summed E-state index contributed by atoms with van der Waals surface area (Å²) in [6.45, 7) is 7.49. The molecular weight excluding hydrogens is 330 g/mol. The van der Waals surface area contributed by atoms with Crippen LogP contribution >= 0.6 is 23.1 Å². The van der Waals surface area contributed by atoms with Gasteiger partial charge in [-0.3, -0.25) is 9.59 Å². The maximum atomic E-state index is 12.4. The highest BCUT2D eigenvalue weighted by atomic mass is 32.2. The summed E-state index contributed by atoms with van der Waals surface area (Å²) in [4.78, 5) is 29.3. The number of carbonyl (C=O) groups excluding carboxylic acids is 2. The second kappa shape index (κ2) is 7.79. The molecule has 7 heteroatoms. The highest BCUT2D eigenvalue weighted by molar-refractivity contribution is 8.03. The zero-order valence-electron chi connectivity index (χ0n) is 13.6. The molecule has 2 rings (SSSR count). The van der Waals surface area contributed by atoms with E-state index in [-0.39, 0.29) is 23.9 Å². The third-order valence-corrected chi connectivity index (χ3v) is 5.16. The third kappa shape index (κ3) is 4.94. The van der Waals surface area contributed by atoms with Crippen LogP contribution in [0.15, 0.2) is 28.6 Å². The SMILES string of the molecule is CC(C)NC(=O)C(Sc1nc2ccccc2s1)C(=O)NC(C)C. The van der Waals surface area contributed by atoms with Crippen molar-refractivity contribution in [3.05, 3.63) is 24.3 Å². The number of amides is 2. The van der Waals surface area contributed by atoms with Crippen molar-refractivity contribution in [2.45, 2.75) is 49.4 Å². The molecule has 2 amide bonds. The van der Waals surface area contributed by atoms with Crippen LogP contribution in [0.1, 0.15) is 27.7 Å². The Hall–Kier alpha value is -1.60. The predicted molar refractivity (Wildman–Crippen MR) is 95.8 cm³/mol. The second-order valence-corrected chi connectivity index (χ2v) is 8.15. The molecule has 0 spiro atoms. The summed E-state index contributed by atoms with van der Waals surface area (Å²) in [6, 6.07) is 7.73. The summed E-state index contributed by atoms with van der Waals surface area (Å²) in [5.74, 6) is -0.579. The van der Waals surface area contributed by atoms with Crippen molar-refractivity contribution in [2.24, 2.45) is 0 Å². The summed E-state index contributed by atoms with van der Waals surface area (Å²) < 4.78 is 1.76. The van der Waals surface area contributed by atoms with Crippen LogP contribution in [0.4, 0.5) is 0 Å². The zero-order valence-corrected chi connectivity index (χ0v) is 15.3. The van der Waals surface area contributed by atoms with Gasteiger partial charge in [0, 0.05) is 12.1 Å². The molecule has 2 N–H and O–H groups in total. The highest BCUT2D eigenvalue weighted by Crippen LogP contribution is 2.32. The first-order valence-corrected chi connectivity index (χ1v) is 9.19. The molecule has 0 bridgehead atoms. The number of fused-ring (bicyclic) bond motifs is 1. The van der Waals surface area contributed by atoms with Gasteiger partial charge in [-0.1, -0.05) is 23.9 Å². The number of rotatable bonds is 6. The summed E-state index contributed by atoms with van der Waals surface area (Å²) in [7, 11) is 0. The number of nitrogens with zero attached hydrogens (tertiary/aromatic N) is 1. The molecule has 1 aromatic carbocycles. The number of nitrogens with one attached hydrogen (secondary N) is 2. The number of hydrogen-bond acceptors (Lipinski definition) is 5. The molecule has 2 aromatic rings. The minimum absolute atomic E-state index is 0.0205. The topological polar surface area (TPSA) is 71.1 Å². The Morgan fingerprint density at radius 1 is 1.04 bits per heavy atom. The number of thiazole rings is 1. The number of aromatic nitrogens is 1. The van der Waals surface area contributed by atoms with E-state index in [0.29, 0.717) is 4.34 Å². The molecule has 0 saturated carbocycles. The van der Waals surface area contributed by atoms with Crippen LogP contribution in [0.25, 0.3) is 10.2 Å². The van der Waals surface area contributed by atoms with E-state index in [1.807, 2.05) is 52.0 Å². The van der Waals surface area contributed by atoms with E-state index in [4.69, 9.17) is 0 Å². The van der Waals surface area contributed by atoms with Crippen LogP contribution < -0.4 is 10.6 Å². The van der Waals surface area contributed by atoms with Crippen LogP contribution in [0.3, 0.4) is 0 Å². The van der Waals surface area contributed by atoms with E-state index in [9.17, 15) is 9.59 Å². The van der Waals surface area contributed by atoms with Crippen molar-refractivity contribution < 1.29 is 9.59 Å². The van der Waals surface area contributed by atoms with E-state index in [2.05, 4.69) is 15.6 Å². The molecule has 0 aliphatic rings. The lowest BCUT2D eigenvalue weighted by atomic mass is 10.3. The van der Waals surface area contributed by atoms with Gasteiger partial charge >= 0.3 is 0 Å². The fraction of sp³-hybridized carbons (Fsp3) is 0.438. The minimum atomic E-state index is -0.847. The van der Waals surface area contributed by atoms with Crippen molar-refractivity contribution in [1.82, 2.24) is 15.6 Å². The number of para-hydroxylation sites is 1. The van der Waals surface area contributed by atoms with Gasteiger partial charge in [-0.2, -0.15) is 0 Å². The van der Waals surface area contributed by atoms with Crippen LogP contribution in [-0.2, 0) is 9.59 Å². The monoisotopic (exact) mass is 351 g/mol. The van der Waals surface area contributed by atoms with Gasteiger partial charge in [0.05, 0.1) is 10.2 Å². The van der Waals surface area contributed by atoms with E-state index < -0.39 is 5.25 Å². The van der Waals surface area contributed by atoms with Crippen molar-refractivity contribution in [2.75, 3.05) is 0 Å². The summed E-state index contributed by atoms with van der Waals surface area (Å²) in [5, 5.41) is 4.77. The molecule has 0 aliphatic heterocycles. The van der Waals surface area contributed by atoms with Gasteiger partial charge in [0.1, 0.15) is 0 Å². The Balaban J connectivity index is 2.21. The van der Waals surface area contributed by atoms with Gasteiger partial charge in [-0.15, -0.1) is 11.3 Å². The molecular formula is C16H21N3O2S2. The van der Waals surface area contributed by atoms with Crippen LogP contribution in [0.5, 0.6) is 0 Å². The lowest BCUT2D eigenvalue weighted by Crippen LogP contribution is -2.47. The molecule has 23 heavy (non-hydrogen) atoms. The lowest BCUT2D eigenvalue weighted by molar-refractivity contribution is -0.128. The van der Waals surface area contributed by atoms with Gasteiger partial charge in [-0.25, -0.2) is 4.98 Å². The van der Waals surface area contributed by atoms with Crippen molar-refractivity contribution in [3.63, 3.8) is 0 Å². The zero-order chi connectivity index (χ0) is 17.0. The predicted octanol–water partition coefficient (Wildman–Crippen LogP) is 2.81. The molecule has 0 atom stereocenters. The Morgan fingerprint density at radius 3 is 2.13 bits per heavy atom. The van der Waals surface area contributed by atoms with Gasteiger partial charge in [0.25, 0.3) is 0 Å². The van der Waals surface area contributed by atoms with E-state index >= 15 is 0 Å². The summed E-state index contributed by atoms with van der Waals surface area (Å²) in [5.41, 5.74) is 0.882. The number of hydrogen-bond donors (Lipinski definition) is 2. The Labute approximate surface area is 144 Å². The molecule has 0 fully saturated rings. The average molecular weight is 351 g/mol. The van der Waals surface area contributed by atoms with Gasteiger partial charge in [0.15, 0.2) is 9.59 Å². The fourth-order valence-electron chi connectivity index (χ4n) is 1.95. The lowest BCUT2D eigenvalue weighted by Gasteiger charge is -2.18. The highest BCUT2D eigenvalue weighted by Gasteiger charge is 2.29. The molecule has 124 valence electrons. The maximum Gasteiger partial charge on any atom is 0.243 e. The molecule has 0 aliphatic carbocycles. The van der Waals surface area contributed by atoms with Crippen molar-refractivity contribution >= 4 is 45.1 Å². The molecule has 5 nitrogen and oxygen atoms in total. The third-order valence-electron chi connectivity index (χ3n) is 2.83. The van der Waals surface area contributed by atoms with Gasteiger partial charge in [-0.05, 0) is 39.8 Å². The average Bonchev–Trinajstić information content (AvgIpc) is 2.85. The van der Waals surface area contributed by atoms with Crippen molar-refractivity contribution in [1.29, 1.82) is 0 Å². The number of carbonyl (C=O) groups is 2. The number of thioether (sulfide) groups is 1. The fourth-order valence-corrected chi connectivity index (χ4v) is 4.10. The Bertz CT molecular complexity index is 642. The Kier molecular flexibility index (Phi) is 6.01. The van der Waals surface area contributed by atoms with E-state index in [1.165, 1.54) is 23.1 Å². The molecule has 0 unspecified atom stereocenters. The van der Waals surface area contributed by atoms with Crippen LogP contribution in [0.2, 0.25) is 0 Å². The summed E-state index contributed by atoms with van der Waals surface area (Å²) in [6.07, 6.45) is 0. The minimum Gasteiger partial charge on any atom is -0.352 e. The summed E-state index contributed by atoms with van der Waals surface area (Å²) >= 11 is 2.69. The Morgan fingerprint density at radius 2 is 1.61 bits per heavy atom. The standard InChI is InChI=1S/C16H21N3O2S2/c1-9(2)17-14(20)13(15(21)18-10(3)4)23-16-19-11-7-5-6-8-12(11)22-16/h5-10,13H,1-4H3,(H,17,20)(H,18,21). The maximum absolute atomic E-state index is 12.4. The molecule has 0 radical (unpaired) electrons. The second-order valence-electron chi connectivity index (χ2n) is 5.77. The van der Waals surface area contributed by atoms with E-state index in [1.54, 1.807) is 0 Å². The molecule has 1 heterocycles.